The molecular weight excluding hydrogens is 325 g/mol. The maximum absolute atomic E-state index is 12.0. The van der Waals surface area contributed by atoms with E-state index >= 15 is 0 Å². The van der Waals surface area contributed by atoms with Gasteiger partial charge >= 0.3 is 6.18 Å². The Bertz CT molecular complexity index is 448. The average Bonchev–Trinajstić information content (AvgIpc) is 2.65. The van der Waals surface area contributed by atoms with Gasteiger partial charge in [-0.25, -0.2) is 0 Å². The summed E-state index contributed by atoms with van der Waals surface area (Å²) in [6.07, 6.45) is -3.30. The summed E-state index contributed by atoms with van der Waals surface area (Å²) >= 11 is 3.34. The van der Waals surface area contributed by atoms with E-state index in [0.29, 0.717) is 0 Å². The van der Waals surface area contributed by atoms with Crippen molar-refractivity contribution in [1.82, 2.24) is 0 Å². The molecule has 106 valence electrons. The summed E-state index contributed by atoms with van der Waals surface area (Å²) in [5.74, 6) is 0.854. The van der Waals surface area contributed by atoms with Gasteiger partial charge in [-0.3, -0.25) is 0 Å². The number of fused-ring (bicyclic) bond motifs is 1. The fraction of sp³-hybridized carbons (Fsp3) is 0.538. The first-order chi connectivity index (χ1) is 8.85. The largest absolute Gasteiger partial charge is 0.490 e. The highest BCUT2D eigenvalue weighted by Gasteiger charge is 2.28. The van der Waals surface area contributed by atoms with Crippen LogP contribution < -0.4 is 4.74 Å². The third-order valence-corrected chi connectivity index (χ3v) is 3.60. The van der Waals surface area contributed by atoms with Crippen molar-refractivity contribution in [3.05, 3.63) is 29.3 Å². The van der Waals surface area contributed by atoms with Crippen LogP contribution in [0.4, 0.5) is 13.2 Å². The zero-order valence-corrected chi connectivity index (χ0v) is 11.9. The molecule has 2 rings (SSSR count). The van der Waals surface area contributed by atoms with Crippen molar-refractivity contribution in [2.75, 3.05) is 13.2 Å². The predicted molar refractivity (Wildman–Crippen MR) is 68.8 cm³/mol. The molecule has 1 aliphatic heterocycles. The number of benzene rings is 1. The van der Waals surface area contributed by atoms with Gasteiger partial charge in [-0.2, -0.15) is 13.2 Å². The summed E-state index contributed by atoms with van der Waals surface area (Å²) in [5, 5.41) is 0. The van der Waals surface area contributed by atoms with Gasteiger partial charge in [0.05, 0.1) is 11.4 Å². The molecule has 1 aliphatic rings. The van der Waals surface area contributed by atoms with Crippen LogP contribution in [0.5, 0.6) is 5.75 Å². The Morgan fingerprint density at radius 2 is 2.21 bits per heavy atom. The van der Waals surface area contributed by atoms with Crippen LogP contribution in [0.25, 0.3) is 0 Å². The number of alkyl halides is 4. The molecule has 1 aromatic rings. The second kappa shape index (κ2) is 5.71. The van der Waals surface area contributed by atoms with Crippen LogP contribution in [-0.2, 0) is 11.2 Å². The molecule has 0 aliphatic carbocycles. The van der Waals surface area contributed by atoms with Crippen molar-refractivity contribution in [2.45, 2.75) is 30.5 Å². The van der Waals surface area contributed by atoms with Crippen molar-refractivity contribution in [2.24, 2.45) is 0 Å². The van der Waals surface area contributed by atoms with Gasteiger partial charge in [-0.15, -0.1) is 0 Å². The van der Waals surface area contributed by atoms with Gasteiger partial charge in [0, 0.05) is 6.42 Å². The Kier molecular flexibility index (Phi) is 4.40. The minimum Gasteiger partial charge on any atom is -0.490 e. The van der Waals surface area contributed by atoms with E-state index < -0.39 is 12.8 Å². The van der Waals surface area contributed by atoms with E-state index in [4.69, 9.17) is 4.74 Å². The van der Waals surface area contributed by atoms with Crippen LogP contribution in [0.2, 0.25) is 0 Å². The van der Waals surface area contributed by atoms with Gasteiger partial charge in [0.2, 0.25) is 0 Å². The molecule has 2 atom stereocenters. The summed E-state index contributed by atoms with van der Waals surface area (Å²) < 4.78 is 46.1. The standard InChI is InChI=1S/C13H14BrF3O2/c1-8-4-10-5-9(2-3-12(10)19-8)11(14)6-18-7-13(15,16)17/h2-3,5,8,11H,4,6-7H2,1H3. The highest BCUT2D eigenvalue weighted by atomic mass is 79.9. The number of halogens is 4. The highest BCUT2D eigenvalue weighted by molar-refractivity contribution is 9.09. The molecule has 0 amide bonds. The van der Waals surface area contributed by atoms with Gasteiger partial charge in [0.1, 0.15) is 18.5 Å². The Morgan fingerprint density at radius 3 is 2.89 bits per heavy atom. The third kappa shape index (κ3) is 4.11. The first kappa shape index (κ1) is 14.7. The number of ether oxygens (including phenoxy) is 2. The number of hydrogen-bond donors (Lipinski definition) is 0. The molecule has 0 spiro atoms. The number of rotatable bonds is 4. The molecule has 19 heavy (non-hydrogen) atoms. The summed E-state index contributed by atoms with van der Waals surface area (Å²) in [7, 11) is 0. The topological polar surface area (TPSA) is 18.5 Å². The monoisotopic (exact) mass is 338 g/mol. The maximum Gasteiger partial charge on any atom is 0.411 e. The van der Waals surface area contributed by atoms with Crippen molar-refractivity contribution in [3.63, 3.8) is 0 Å². The van der Waals surface area contributed by atoms with E-state index in [2.05, 4.69) is 20.7 Å². The molecule has 2 nitrogen and oxygen atoms in total. The molecule has 0 N–H and O–H groups in total. The molecule has 0 saturated heterocycles. The lowest BCUT2D eigenvalue weighted by Gasteiger charge is -2.13. The van der Waals surface area contributed by atoms with E-state index in [1.54, 1.807) is 0 Å². The minimum absolute atomic E-state index is 0.0191. The average molecular weight is 339 g/mol. The van der Waals surface area contributed by atoms with Crippen molar-refractivity contribution >= 4 is 15.9 Å². The molecule has 0 aromatic heterocycles. The van der Waals surface area contributed by atoms with Gasteiger partial charge in [-0.1, -0.05) is 28.1 Å². The van der Waals surface area contributed by atoms with E-state index in [1.807, 2.05) is 25.1 Å². The maximum atomic E-state index is 12.0. The second-order valence-electron chi connectivity index (χ2n) is 4.60. The Hall–Kier alpha value is -0.750. The lowest BCUT2D eigenvalue weighted by atomic mass is 10.1. The van der Waals surface area contributed by atoms with Crippen LogP contribution in [0.3, 0.4) is 0 Å². The quantitative estimate of drug-likeness (QED) is 0.772. The van der Waals surface area contributed by atoms with Crippen molar-refractivity contribution in [1.29, 1.82) is 0 Å². The Labute approximate surface area is 118 Å². The Morgan fingerprint density at radius 1 is 1.47 bits per heavy atom. The molecule has 0 saturated carbocycles. The zero-order chi connectivity index (χ0) is 14.0. The van der Waals surface area contributed by atoms with Gasteiger partial charge in [0.15, 0.2) is 0 Å². The van der Waals surface area contributed by atoms with Crippen LogP contribution in [0.15, 0.2) is 18.2 Å². The van der Waals surface area contributed by atoms with E-state index in [-0.39, 0.29) is 17.5 Å². The van der Waals surface area contributed by atoms with Crippen LogP contribution in [0.1, 0.15) is 22.9 Å². The molecule has 6 heteroatoms. The van der Waals surface area contributed by atoms with Crippen LogP contribution in [-0.4, -0.2) is 25.5 Å². The first-order valence-corrected chi connectivity index (χ1v) is 6.85. The molecule has 2 unspecified atom stereocenters. The third-order valence-electron chi connectivity index (χ3n) is 2.81. The normalized spacial score (nSPS) is 19.9. The molecule has 0 fully saturated rings. The lowest BCUT2D eigenvalue weighted by molar-refractivity contribution is -0.173. The van der Waals surface area contributed by atoms with Crippen LogP contribution in [0, 0.1) is 0 Å². The SMILES string of the molecule is CC1Cc2cc(C(Br)COCC(F)(F)F)ccc2O1. The number of hydrogen-bond acceptors (Lipinski definition) is 2. The molecule has 0 radical (unpaired) electrons. The molecule has 1 heterocycles. The fourth-order valence-electron chi connectivity index (χ4n) is 2.01. The minimum atomic E-state index is -4.28. The van der Waals surface area contributed by atoms with Crippen molar-refractivity contribution < 1.29 is 22.6 Å². The molecular formula is C13H14BrF3O2. The van der Waals surface area contributed by atoms with E-state index in [1.165, 1.54) is 0 Å². The Balaban J connectivity index is 1.93. The zero-order valence-electron chi connectivity index (χ0n) is 10.3. The second-order valence-corrected chi connectivity index (χ2v) is 5.70. The first-order valence-electron chi connectivity index (χ1n) is 5.93. The smallest absolute Gasteiger partial charge is 0.411 e. The predicted octanol–water partition coefficient (Wildman–Crippen LogP) is 4.02. The fourth-order valence-corrected chi connectivity index (χ4v) is 2.48. The summed E-state index contributed by atoms with van der Waals surface area (Å²) in [5.41, 5.74) is 1.99. The van der Waals surface area contributed by atoms with E-state index in [0.717, 1.165) is 23.3 Å². The molecule has 0 bridgehead atoms. The van der Waals surface area contributed by atoms with Gasteiger partial charge in [-0.05, 0) is 24.1 Å². The summed E-state index contributed by atoms with van der Waals surface area (Å²) in [6, 6.07) is 5.65. The van der Waals surface area contributed by atoms with Gasteiger partial charge in [0.25, 0.3) is 0 Å². The lowest BCUT2D eigenvalue weighted by Crippen LogP contribution is -2.18. The summed E-state index contributed by atoms with van der Waals surface area (Å²) in [6.45, 7) is 0.743. The van der Waals surface area contributed by atoms with E-state index in [9.17, 15) is 13.2 Å². The molecule has 1 aromatic carbocycles. The highest BCUT2D eigenvalue weighted by Crippen LogP contribution is 2.33. The summed E-state index contributed by atoms with van der Waals surface area (Å²) in [4.78, 5) is -0.254. The van der Waals surface area contributed by atoms with Crippen LogP contribution >= 0.6 is 15.9 Å². The van der Waals surface area contributed by atoms with Gasteiger partial charge < -0.3 is 9.47 Å². The van der Waals surface area contributed by atoms with Crippen molar-refractivity contribution in [3.8, 4) is 5.75 Å².